The van der Waals surface area contributed by atoms with Crippen LogP contribution in [-0.4, -0.2) is 17.8 Å². The molecule has 3 aromatic rings. The SMILES string of the molecule is CCC(CC)Cc1ccc(C2=C(c3ccc(C)cc3Cl)CCCc3cc(C(=O)O)ccc32)cc1.CCCCF.Cl. The van der Waals surface area contributed by atoms with E-state index in [0.717, 1.165) is 71.4 Å². The van der Waals surface area contributed by atoms with Gasteiger partial charge >= 0.3 is 5.97 Å². The van der Waals surface area contributed by atoms with Crippen LogP contribution in [0.4, 0.5) is 4.39 Å². The Balaban J connectivity index is 0.000000858. The number of carboxylic acid groups (broad SMARTS) is 1. The van der Waals surface area contributed by atoms with Crippen LogP contribution in [0.15, 0.2) is 60.7 Å². The fraction of sp³-hybridized carbons (Fsp3) is 0.400. The third kappa shape index (κ3) is 8.69. The number of halogens is 3. The van der Waals surface area contributed by atoms with Crippen LogP contribution in [0.3, 0.4) is 0 Å². The summed E-state index contributed by atoms with van der Waals surface area (Å²) in [6.07, 6.45) is 7.87. The smallest absolute Gasteiger partial charge is 0.335 e. The molecule has 1 aliphatic rings. The summed E-state index contributed by atoms with van der Waals surface area (Å²) in [6.45, 7) is 8.40. The third-order valence-corrected chi connectivity index (χ3v) is 7.97. The molecule has 4 rings (SSSR count). The molecule has 0 fully saturated rings. The van der Waals surface area contributed by atoms with Gasteiger partial charge in [-0.1, -0.05) is 94.1 Å². The molecule has 0 unspecified atom stereocenters. The number of hydrogen-bond donors (Lipinski definition) is 1. The van der Waals surface area contributed by atoms with Crippen LogP contribution in [0.5, 0.6) is 0 Å². The highest BCUT2D eigenvalue weighted by molar-refractivity contribution is 6.32. The normalized spacial score (nSPS) is 12.7. The molecule has 0 amide bonds. The second-order valence-corrected chi connectivity index (χ2v) is 10.9. The molecule has 0 heterocycles. The molecule has 5 heteroatoms. The van der Waals surface area contributed by atoms with Crippen molar-refractivity contribution in [2.24, 2.45) is 5.92 Å². The first kappa shape index (κ1) is 33.6. The lowest BCUT2D eigenvalue weighted by Crippen LogP contribution is -2.03. The topological polar surface area (TPSA) is 37.3 Å². The Morgan fingerprint density at radius 3 is 2.17 bits per heavy atom. The number of hydrogen-bond acceptors (Lipinski definition) is 1. The zero-order chi connectivity index (χ0) is 28.4. The van der Waals surface area contributed by atoms with Gasteiger partial charge < -0.3 is 5.11 Å². The second-order valence-electron chi connectivity index (χ2n) is 10.5. The van der Waals surface area contributed by atoms with Gasteiger partial charge in [0.25, 0.3) is 0 Å². The molecule has 0 atom stereocenters. The van der Waals surface area contributed by atoms with Crippen LogP contribution in [0, 0.1) is 12.8 Å². The molecule has 3 aromatic carbocycles. The van der Waals surface area contributed by atoms with Crippen LogP contribution < -0.4 is 0 Å². The minimum Gasteiger partial charge on any atom is -0.478 e. The van der Waals surface area contributed by atoms with Crippen molar-refractivity contribution in [1.29, 1.82) is 0 Å². The van der Waals surface area contributed by atoms with Crippen LogP contribution in [0.2, 0.25) is 5.02 Å². The van der Waals surface area contributed by atoms with Gasteiger partial charge in [0.2, 0.25) is 0 Å². The fourth-order valence-electron chi connectivity index (χ4n) is 5.24. The average molecular weight is 586 g/mol. The summed E-state index contributed by atoms with van der Waals surface area (Å²) in [7, 11) is 0. The molecule has 1 N–H and O–H groups in total. The number of benzene rings is 3. The van der Waals surface area contributed by atoms with Gasteiger partial charge in [-0.2, -0.15) is 0 Å². The Labute approximate surface area is 251 Å². The average Bonchev–Trinajstić information content (AvgIpc) is 3.12. The van der Waals surface area contributed by atoms with E-state index in [9.17, 15) is 14.3 Å². The molecular weight excluding hydrogens is 542 g/mol. The molecule has 1 aliphatic carbocycles. The van der Waals surface area contributed by atoms with Crippen molar-refractivity contribution in [3.8, 4) is 0 Å². The van der Waals surface area contributed by atoms with Crippen molar-refractivity contribution in [3.05, 3.63) is 105 Å². The minimum atomic E-state index is -0.884. The quantitative estimate of drug-likeness (QED) is 0.271. The van der Waals surface area contributed by atoms with Gasteiger partial charge in [-0.3, -0.25) is 4.39 Å². The molecule has 0 saturated carbocycles. The Bertz CT molecular complexity index is 1280. The first-order valence-electron chi connectivity index (χ1n) is 14.3. The Kier molecular flexibility index (Phi) is 13.9. The summed E-state index contributed by atoms with van der Waals surface area (Å²) in [6, 6.07) is 20.8. The van der Waals surface area contributed by atoms with E-state index in [2.05, 4.69) is 57.2 Å². The second kappa shape index (κ2) is 16.6. The Hall–Kier alpha value is -2.62. The van der Waals surface area contributed by atoms with E-state index in [1.54, 1.807) is 6.07 Å². The summed E-state index contributed by atoms with van der Waals surface area (Å²) in [5, 5.41) is 10.3. The van der Waals surface area contributed by atoms with Crippen LogP contribution in [0.1, 0.15) is 103 Å². The summed E-state index contributed by atoms with van der Waals surface area (Å²) in [4.78, 5) is 11.6. The van der Waals surface area contributed by atoms with E-state index in [1.165, 1.54) is 29.6 Å². The minimum absolute atomic E-state index is 0. The van der Waals surface area contributed by atoms with Crippen molar-refractivity contribution in [2.75, 3.05) is 6.67 Å². The fourth-order valence-corrected chi connectivity index (χ4v) is 5.59. The maximum atomic E-state index is 11.6. The maximum absolute atomic E-state index is 11.6. The number of carboxylic acids is 1. The van der Waals surface area contributed by atoms with E-state index in [1.807, 2.05) is 25.1 Å². The molecule has 0 radical (unpaired) electrons. The third-order valence-electron chi connectivity index (χ3n) is 7.65. The van der Waals surface area contributed by atoms with Gasteiger partial charge in [0.05, 0.1) is 12.2 Å². The number of rotatable bonds is 9. The van der Waals surface area contributed by atoms with Crippen LogP contribution in [0.25, 0.3) is 11.1 Å². The molecule has 40 heavy (non-hydrogen) atoms. The van der Waals surface area contributed by atoms with Gasteiger partial charge in [0.15, 0.2) is 0 Å². The molecule has 0 spiro atoms. The van der Waals surface area contributed by atoms with Gasteiger partial charge in [-0.05, 0) is 108 Å². The Morgan fingerprint density at radius 2 is 1.62 bits per heavy atom. The lowest BCUT2D eigenvalue weighted by molar-refractivity contribution is 0.0696. The number of fused-ring (bicyclic) bond motifs is 1. The molecule has 0 aromatic heterocycles. The van der Waals surface area contributed by atoms with Gasteiger partial charge in [0.1, 0.15) is 0 Å². The zero-order valence-corrected chi connectivity index (χ0v) is 25.8. The predicted molar refractivity (Wildman–Crippen MR) is 171 cm³/mol. The van der Waals surface area contributed by atoms with Crippen molar-refractivity contribution in [1.82, 2.24) is 0 Å². The Morgan fingerprint density at radius 1 is 0.950 bits per heavy atom. The number of carbonyl (C=O) groups is 1. The first-order chi connectivity index (χ1) is 18.8. The number of aromatic carboxylic acids is 1. The number of alkyl halides is 1. The van der Waals surface area contributed by atoms with E-state index in [-0.39, 0.29) is 19.1 Å². The van der Waals surface area contributed by atoms with E-state index in [0.29, 0.717) is 11.5 Å². The summed E-state index contributed by atoms with van der Waals surface area (Å²) in [5.74, 6) is -0.176. The van der Waals surface area contributed by atoms with Crippen LogP contribution >= 0.6 is 24.0 Å². The number of allylic oxidation sites excluding steroid dienone is 1. The van der Waals surface area contributed by atoms with Crippen molar-refractivity contribution < 1.29 is 14.3 Å². The highest BCUT2D eigenvalue weighted by Gasteiger charge is 2.22. The lowest BCUT2D eigenvalue weighted by atomic mass is 9.86. The van der Waals surface area contributed by atoms with Gasteiger partial charge in [0, 0.05) is 5.02 Å². The molecule has 2 nitrogen and oxygen atoms in total. The van der Waals surface area contributed by atoms with E-state index in [4.69, 9.17) is 11.6 Å². The number of aryl methyl sites for hydroxylation is 2. The highest BCUT2D eigenvalue weighted by Crippen LogP contribution is 2.42. The molecule has 216 valence electrons. The highest BCUT2D eigenvalue weighted by atomic mass is 35.5. The van der Waals surface area contributed by atoms with E-state index < -0.39 is 5.97 Å². The first-order valence-corrected chi connectivity index (χ1v) is 14.7. The van der Waals surface area contributed by atoms with Crippen molar-refractivity contribution in [2.45, 2.75) is 79.1 Å². The zero-order valence-electron chi connectivity index (χ0n) is 24.2. The van der Waals surface area contributed by atoms with E-state index >= 15 is 0 Å². The summed E-state index contributed by atoms with van der Waals surface area (Å²) < 4.78 is 11.0. The number of unbranched alkanes of at least 4 members (excludes halogenated alkanes) is 1. The summed E-state index contributed by atoms with van der Waals surface area (Å²) in [5.41, 5.74) is 9.69. The predicted octanol–water partition coefficient (Wildman–Crippen LogP) is 10.8. The summed E-state index contributed by atoms with van der Waals surface area (Å²) >= 11 is 6.77. The lowest BCUT2D eigenvalue weighted by Gasteiger charge is -2.19. The van der Waals surface area contributed by atoms with Crippen molar-refractivity contribution in [3.63, 3.8) is 0 Å². The monoisotopic (exact) mass is 584 g/mol. The van der Waals surface area contributed by atoms with Gasteiger partial charge in [-0.25, -0.2) is 4.79 Å². The molecule has 0 aliphatic heterocycles. The maximum Gasteiger partial charge on any atom is 0.335 e. The van der Waals surface area contributed by atoms with Gasteiger partial charge in [-0.15, -0.1) is 12.4 Å². The molecule has 0 saturated heterocycles. The molecule has 0 bridgehead atoms. The standard InChI is InChI=1S/C31H33ClO2.C4H9F.ClH/c1-4-21(5-2)18-22-10-12-23(13-11-22)30-26-16-14-25(31(33)34)19-24(26)7-6-8-28(30)27-15-9-20(3)17-29(27)32;1-2-3-4-5;/h9-17,19,21H,4-8,18H2,1-3H3,(H,33,34);2-4H2,1H3;1H. The van der Waals surface area contributed by atoms with Crippen molar-refractivity contribution >= 4 is 41.1 Å². The molecular formula is C35H43Cl2FO2. The van der Waals surface area contributed by atoms with Crippen LogP contribution in [-0.2, 0) is 12.8 Å². The largest absolute Gasteiger partial charge is 0.478 e.